The molecule has 0 N–H and O–H groups in total. The summed E-state index contributed by atoms with van der Waals surface area (Å²) in [6.07, 6.45) is 0.442. The Kier molecular flexibility index (Phi) is 4.01. The molecule has 2 aliphatic heterocycles. The number of para-hydroxylation sites is 2. The van der Waals surface area contributed by atoms with E-state index in [1.54, 1.807) is 24.3 Å². The highest BCUT2D eigenvalue weighted by molar-refractivity contribution is 8.15. The second kappa shape index (κ2) is 6.33. The Hall–Kier alpha value is -2.67. The van der Waals surface area contributed by atoms with Gasteiger partial charge in [-0.1, -0.05) is 30.0 Å². The zero-order valence-electron chi connectivity index (χ0n) is 13.4. The van der Waals surface area contributed by atoms with Gasteiger partial charge >= 0.3 is 0 Å². The number of nitrogens with zero attached hydrogens (tertiary/aromatic N) is 1. The minimum atomic E-state index is -0.474. The van der Waals surface area contributed by atoms with Crippen molar-refractivity contribution in [2.45, 2.75) is 11.7 Å². The number of imide groups is 1. The monoisotopic (exact) mass is 357 g/mol. The third kappa shape index (κ3) is 2.80. The van der Waals surface area contributed by atoms with Gasteiger partial charge in [0.1, 0.15) is 5.75 Å². The van der Waals surface area contributed by atoms with Gasteiger partial charge in [0.2, 0.25) is 12.7 Å². The lowest BCUT2D eigenvalue weighted by Crippen LogP contribution is -2.32. The summed E-state index contributed by atoms with van der Waals surface area (Å²) >= 11 is 1.03. The number of anilines is 1. The Morgan fingerprint density at radius 2 is 1.96 bits per heavy atom. The van der Waals surface area contributed by atoms with Crippen molar-refractivity contribution >= 4 is 28.6 Å². The van der Waals surface area contributed by atoms with Crippen LogP contribution >= 0.6 is 11.8 Å². The lowest BCUT2D eigenvalue weighted by molar-refractivity contribution is -0.117. The number of ether oxygens (including phenoxy) is 3. The minimum absolute atomic E-state index is 0.204. The molecule has 4 rings (SSSR count). The maximum atomic E-state index is 12.8. The summed E-state index contributed by atoms with van der Waals surface area (Å²) in [5.41, 5.74) is 1.39. The van der Waals surface area contributed by atoms with Crippen LogP contribution < -0.4 is 19.1 Å². The number of fused-ring (bicyclic) bond motifs is 1. The van der Waals surface area contributed by atoms with E-state index in [-0.39, 0.29) is 17.9 Å². The van der Waals surface area contributed by atoms with Crippen LogP contribution in [-0.4, -0.2) is 30.3 Å². The van der Waals surface area contributed by atoms with Crippen molar-refractivity contribution in [3.63, 3.8) is 0 Å². The maximum Gasteiger partial charge on any atom is 0.293 e. The molecule has 25 heavy (non-hydrogen) atoms. The third-order valence-corrected chi connectivity index (χ3v) is 5.14. The molecular formula is C18H15NO5S. The van der Waals surface area contributed by atoms with E-state index in [1.807, 2.05) is 18.2 Å². The highest BCUT2D eigenvalue weighted by Gasteiger charge is 2.41. The van der Waals surface area contributed by atoms with E-state index in [0.717, 1.165) is 17.3 Å². The van der Waals surface area contributed by atoms with Crippen LogP contribution in [0, 0.1) is 0 Å². The van der Waals surface area contributed by atoms with Crippen molar-refractivity contribution in [2.75, 3.05) is 18.8 Å². The number of rotatable bonds is 4. The van der Waals surface area contributed by atoms with Crippen LogP contribution in [0.1, 0.15) is 5.56 Å². The summed E-state index contributed by atoms with van der Waals surface area (Å²) < 4.78 is 15.9. The van der Waals surface area contributed by atoms with Crippen LogP contribution in [0.5, 0.6) is 17.2 Å². The number of carbonyl (C=O) groups is 2. The molecule has 1 saturated heterocycles. The van der Waals surface area contributed by atoms with Crippen molar-refractivity contribution in [3.05, 3.63) is 48.0 Å². The normalized spacial score (nSPS) is 18.8. The molecule has 2 amide bonds. The predicted molar refractivity (Wildman–Crippen MR) is 93.5 cm³/mol. The maximum absolute atomic E-state index is 12.8. The number of carbonyl (C=O) groups excluding carboxylic acids is 2. The van der Waals surface area contributed by atoms with Gasteiger partial charge in [-0.3, -0.25) is 9.59 Å². The standard InChI is InChI=1S/C18H15NO5S/c1-22-13-5-3-2-4-12(13)19-17(20)16(25-18(19)21)9-11-6-7-14-15(8-11)24-10-23-14/h2-8,16H,9-10H2,1H3/t16-/m1/s1. The van der Waals surface area contributed by atoms with E-state index in [2.05, 4.69) is 0 Å². The topological polar surface area (TPSA) is 65.1 Å². The highest BCUT2D eigenvalue weighted by Crippen LogP contribution is 2.39. The SMILES string of the molecule is COc1ccccc1N1C(=O)S[C@H](Cc2ccc3c(c2)OCO3)C1=O. The number of benzene rings is 2. The molecule has 1 atom stereocenters. The van der Waals surface area contributed by atoms with Gasteiger partial charge < -0.3 is 14.2 Å². The number of thioether (sulfide) groups is 1. The first-order chi connectivity index (χ1) is 12.2. The summed E-state index contributed by atoms with van der Waals surface area (Å²) in [7, 11) is 1.51. The van der Waals surface area contributed by atoms with Crippen molar-refractivity contribution in [3.8, 4) is 17.2 Å². The molecule has 128 valence electrons. The van der Waals surface area contributed by atoms with Crippen LogP contribution in [0.3, 0.4) is 0 Å². The summed E-state index contributed by atoms with van der Waals surface area (Å²) in [6.45, 7) is 0.204. The number of hydrogen-bond acceptors (Lipinski definition) is 6. The molecule has 0 aliphatic carbocycles. The fourth-order valence-corrected chi connectivity index (χ4v) is 3.92. The predicted octanol–water partition coefficient (Wildman–Crippen LogP) is 3.24. The first kappa shape index (κ1) is 15.8. The Bertz CT molecular complexity index is 853. The lowest BCUT2D eigenvalue weighted by Gasteiger charge is -2.17. The van der Waals surface area contributed by atoms with Crippen molar-refractivity contribution in [1.29, 1.82) is 0 Å². The average Bonchev–Trinajstić information content (AvgIpc) is 3.19. The molecular weight excluding hydrogens is 342 g/mol. The van der Waals surface area contributed by atoms with Gasteiger partial charge in [-0.05, 0) is 36.2 Å². The summed E-state index contributed by atoms with van der Waals surface area (Å²) in [4.78, 5) is 26.4. The molecule has 2 heterocycles. The van der Waals surface area contributed by atoms with Crippen LogP contribution in [0.25, 0.3) is 0 Å². The zero-order valence-corrected chi connectivity index (χ0v) is 14.2. The third-order valence-electron chi connectivity index (χ3n) is 4.11. The molecule has 2 aromatic rings. The summed E-state index contributed by atoms with van der Waals surface area (Å²) in [6, 6.07) is 12.6. The van der Waals surface area contributed by atoms with Gasteiger partial charge in [-0.15, -0.1) is 0 Å². The summed E-state index contributed by atoms with van der Waals surface area (Å²) in [5.74, 6) is 1.62. The Balaban J connectivity index is 1.57. The van der Waals surface area contributed by atoms with Gasteiger partial charge in [-0.2, -0.15) is 0 Å². The molecule has 6 nitrogen and oxygen atoms in total. The van der Waals surface area contributed by atoms with Gasteiger partial charge in [0, 0.05) is 0 Å². The first-order valence-electron chi connectivity index (χ1n) is 7.73. The van der Waals surface area contributed by atoms with Gasteiger partial charge in [0.15, 0.2) is 11.5 Å². The molecule has 0 saturated carbocycles. The van der Waals surface area contributed by atoms with E-state index in [1.165, 1.54) is 12.0 Å². The van der Waals surface area contributed by atoms with Crippen LogP contribution in [0.2, 0.25) is 0 Å². The van der Waals surface area contributed by atoms with Gasteiger partial charge in [0.25, 0.3) is 5.24 Å². The van der Waals surface area contributed by atoms with Crippen molar-refractivity contribution < 1.29 is 23.8 Å². The smallest absolute Gasteiger partial charge is 0.293 e. The van der Waals surface area contributed by atoms with E-state index in [0.29, 0.717) is 29.4 Å². The van der Waals surface area contributed by atoms with E-state index in [4.69, 9.17) is 14.2 Å². The largest absolute Gasteiger partial charge is 0.495 e. The van der Waals surface area contributed by atoms with E-state index >= 15 is 0 Å². The van der Waals surface area contributed by atoms with Crippen molar-refractivity contribution in [2.24, 2.45) is 0 Å². The molecule has 2 aliphatic rings. The molecule has 1 fully saturated rings. The Labute approximate surface area is 148 Å². The second-order valence-corrected chi connectivity index (χ2v) is 6.76. The van der Waals surface area contributed by atoms with Gasteiger partial charge in [-0.25, -0.2) is 4.90 Å². The highest BCUT2D eigenvalue weighted by atomic mass is 32.2. The Morgan fingerprint density at radius 1 is 1.16 bits per heavy atom. The molecule has 2 aromatic carbocycles. The molecule has 0 radical (unpaired) electrons. The first-order valence-corrected chi connectivity index (χ1v) is 8.61. The minimum Gasteiger partial charge on any atom is -0.495 e. The van der Waals surface area contributed by atoms with Crippen LogP contribution in [0.4, 0.5) is 10.5 Å². The molecule has 0 unspecified atom stereocenters. The van der Waals surface area contributed by atoms with Crippen LogP contribution in [-0.2, 0) is 11.2 Å². The van der Waals surface area contributed by atoms with Crippen molar-refractivity contribution in [1.82, 2.24) is 0 Å². The Morgan fingerprint density at radius 3 is 2.80 bits per heavy atom. The summed E-state index contributed by atoms with van der Waals surface area (Å²) in [5, 5.41) is -0.766. The number of hydrogen-bond donors (Lipinski definition) is 0. The number of amides is 2. The number of methoxy groups -OCH3 is 1. The molecule has 0 bridgehead atoms. The van der Waals surface area contributed by atoms with Crippen LogP contribution in [0.15, 0.2) is 42.5 Å². The van der Waals surface area contributed by atoms with E-state index < -0.39 is 5.25 Å². The molecule has 0 aromatic heterocycles. The molecule has 7 heteroatoms. The average molecular weight is 357 g/mol. The van der Waals surface area contributed by atoms with E-state index in [9.17, 15) is 9.59 Å². The fourth-order valence-electron chi connectivity index (χ4n) is 2.90. The second-order valence-electron chi connectivity index (χ2n) is 5.61. The zero-order chi connectivity index (χ0) is 17.4. The van der Waals surface area contributed by atoms with Gasteiger partial charge in [0.05, 0.1) is 18.0 Å². The lowest BCUT2D eigenvalue weighted by atomic mass is 10.1. The fraction of sp³-hybridized carbons (Fsp3) is 0.222. The quantitative estimate of drug-likeness (QED) is 0.837. The molecule has 0 spiro atoms.